The highest BCUT2D eigenvalue weighted by Gasteiger charge is 2.16. The molecule has 0 saturated carbocycles. The molecule has 0 aliphatic heterocycles. The van der Waals surface area contributed by atoms with Gasteiger partial charge in [-0.2, -0.15) is 0 Å². The predicted octanol–water partition coefficient (Wildman–Crippen LogP) is 4.51. The number of nitrogens with one attached hydrogen (secondary N) is 2. The van der Waals surface area contributed by atoms with E-state index in [1.165, 1.54) is 0 Å². The van der Waals surface area contributed by atoms with Gasteiger partial charge in [0.15, 0.2) is 0 Å². The first kappa shape index (κ1) is 23.9. The molecule has 4 aromatic rings. The summed E-state index contributed by atoms with van der Waals surface area (Å²) >= 11 is 1.15. The van der Waals surface area contributed by atoms with Crippen LogP contribution in [-0.4, -0.2) is 37.1 Å². The fraction of sp³-hybridized carbons (Fsp3) is 0.250. The second kappa shape index (κ2) is 10.8. The molecule has 2 heterocycles. The van der Waals surface area contributed by atoms with Gasteiger partial charge in [0.05, 0.1) is 17.5 Å². The van der Waals surface area contributed by atoms with Crippen LogP contribution >= 0.6 is 11.3 Å². The average Bonchev–Trinajstić information content (AvgIpc) is 3.47. The van der Waals surface area contributed by atoms with Crippen molar-refractivity contribution in [1.29, 1.82) is 0 Å². The summed E-state index contributed by atoms with van der Waals surface area (Å²) in [5.74, 6) is 0.302. The highest BCUT2D eigenvalue weighted by atomic mass is 32.2. The van der Waals surface area contributed by atoms with E-state index in [0.29, 0.717) is 31.4 Å². The van der Waals surface area contributed by atoms with Crippen LogP contribution in [0.4, 0.5) is 11.6 Å². The quantitative estimate of drug-likeness (QED) is 0.296. The van der Waals surface area contributed by atoms with Crippen molar-refractivity contribution in [2.24, 2.45) is 0 Å². The Hall–Kier alpha value is -3.21. The van der Waals surface area contributed by atoms with Gasteiger partial charge in [0.2, 0.25) is 11.9 Å². The Balaban J connectivity index is 1.41. The van der Waals surface area contributed by atoms with Crippen molar-refractivity contribution in [3.05, 3.63) is 71.6 Å². The molecule has 2 N–H and O–H groups in total. The van der Waals surface area contributed by atoms with Gasteiger partial charge in [-0.05, 0) is 54.6 Å². The van der Waals surface area contributed by atoms with Gasteiger partial charge in [-0.1, -0.05) is 30.3 Å². The van der Waals surface area contributed by atoms with E-state index in [1.807, 2.05) is 35.8 Å². The van der Waals surface area contributed by atoms with Gasteiger partial charge in [-0.25, -0.2) is 13.4 Å². The first-order valence-corrected chi connectivity index (χ1v) is 13.3. The van der Waals surface area contributed by atoms with E-state index in [0.717, 1.165) is 34.4 Å². The Kier molecular flexibility index (Phi) is 7.61. The third-order valence-corrected chi connectivity index (χ3v) is 7.89. The molecule has 2 aromatic carbocycles. The molecule has 0 fully saturated rings. The molecule has 8 nitrogen and oxygen atoms in total. The third-order valence-electron chi connectivity index (χ3n) is 5.11. The zero-order valence-electron chi connectivity index (χ0n) is 18.7. The number of hydrogen-bond donors (Lipinski definition) is 2. The number of fused-ring (bicyclic) bond motifs is 1. The predicted molar refractivity (Wildman–Crippen MR) is 135 cm³/mol. The topological polar surface area (TPSA) is 102 Å². The Labute approximate surface area is 202 Å². The molecule has 0 atom stereocenters. The van der Waals surface area contributed by atoms with Crippen LogP contribution in [0.25, 0.3) is 11.0 Å². The Morgan fingerprint density at radius 3 is 2.62 bits per heavy atom. The van der Waals surface area contributed by atoms with Crippen molar-refractivity contribution < 1.29 is 17.9 Å². The van der Waals surface area contributed by atoms with Crippen LogP contribution in [0.1, 0.15) is 18.9 Å². The lowest BCUT2D eigenvalue weighted by Crippen LogP contribution is -2.18. The number of carbonyl (C=O) groups excluding carboxylic acids is 1. The molecule has 0 radical (unpaired) electrons. The fourth-order valence-corrected chi connectivity index (χ4v) is 5.58. The van der Waals surface area contributed by atoms with Gasteiger partial charge in [-0.15, -0.1) is 11.3 Å². The number of amides is 1. The summed E-state index contributed by atoms with van der Waals surface area (Å²) in [5.41, 5.74) is 2.97. The minimum atomic E-state index is -3.61. The third kappa shape index (κ3) is 5.82. The normalized spacial score (nSPS) is 11.6. The summed E-state index contributed by atoms with van der Waals surface area (Å²) in [6, 6.07) is 17.8. The monoisotopic (exact) mass is 498 g/mol. The lowest BCUT2D eigenvalue weighted by Gasteiger charge is -2.11. The molecule has 0 unspecified atom stereocenters. The molecule has 0 aliphatic carbocycles. The molecule has 34 heavy (non-hydrogen) atoms. The van der Waals surface area contributed by atoms with Gasteiger partial charge < -0.3 is 9.30 Å². The molecule has 0 saturated heterocycles. The van der Waals surface area contributed by atoms with Gasteiger partial charge in [0, 0.05) is 25.4 Å². The van der Waals surface area contributed by atoms with Crippen LogP contribution in [0.3, 0.4) is 0 Å². The first-order chi connectivity index (χ1) is 16.5. The number of carbonyl (C=O) groups is 1. The molecule has 1 amide bonds. The molecular formula is C24H26N4O4S2. The first-order valence-electron chi connectivity index (χ1n) is 10.9. The zero-order valence-corrected chi connectivity index (χ0v) is 20.4. The number of hydrogen-bond acceptors (Lipinski definition) is 6. The van der Waals surface area contributed by atoms with Crippen molar-refractivity contribution in [3.63, 3.8) is 0 Å². The van der Waals surface area contributed by atoms with Crippen molar-refractivity contribution in [3.8, 4) is 0 Å². The summed E-state index contributed by atoms with van der Waals surface area (Å²) in [4.78, 5) is 17.3. The minimum Gasteiger partial charge on any atom is -0.382 e. The Morgan fingerprint density at radius 2 is 1.88 bits per heavy atom. The van der Waals surface area contributed by atoms with Gasteiger partial charge in [-0.3, -0.25) is 14.8 Å². The second-order valence-electron chi connectivity index (χ2n) is 7.59. The van der Waals surface area contributed by atoms with Crippen molar-refractivity contribution >= 4 is 49.9 Å². The van der Waals surface area contributed by atoms with E-state index in [4.69, 9.17) is 4.74 Å². The molecule has 0 spiro atoms. The van der Waals surface area contributed by atoms with E-state index in [1.54, 1.807) is 41.8 Å². The van der Waals surface area contributed by atoms with E-state index in [-0.39, 0.29) is 16.5 Å². The highest BCUT2D eigenvalue weighted by Crippen LogP contribution is 2.22. The number of rotatable bonds is 11. The molecule has 4 rings (SSSR count). The second-order valence-corrected chi connectivity index (χ2v) is 10.4. The van der Waals surface area contributed by atoms with E-state index < -0.39 is 10.0 Å². The fourth-order valence-electron chi connectivity index (χ4n) is 3.53. The summed E-state index contributed by atoms with van der Waals surface area (Å²) in [5, 5.41) is 4.63. The summed E-state index contributed by atoms with van der Waals surface area (Å²) < 4.78 is 35.0. The minimum absolute atomic E-state index is 0.139. The number of ether oxygens (including phenoxy) is 1. The molecule has 0 bridgehead atoms. The summed E-state index contributed by atoms with van der Waals surface area (Å²) in [6.07, 6.45) is 0.944. The maximum absolute atomic E-state index is 12.8. The lowest BCUT2D eigenvalue weighted by atomic mass is 10.1. The number of nitrogens with zero attached hydrogens (tertiary/aromatic N) is 2. The van der Waals surface area contributed by atoms with Gasteiger partial charge >= 0.3 is 0 Å². The number of anilines is 2. The number of para-hydroxylation sites is 2. The molecule has 178 valence electrons. The van der Waals surface area contributed by atoms with Crippen LogP contribution in [-0.2, 0) is 32.5 Å². The number of aromatic nitrogens is 2. The van der Waals surface area contributed by atoms with Crippen molar-refractivity contribution in [1.82, 2.24) is 9.55 Å². The number of benzene rings is 2. The van der Waals surface area contributed by atoms with Crippen LogP contribution in [0.15, 0.2) is 70.3 Å². The molecular weight excluding hydrogens is 472 g/mol. The van der Waals surface area contributed by atoms with Gasteiger partial charge in [0.1, 0.15) is 4.21 Å². The number of sulfonamides is 1. The number of thiophene rings is 1. The van der Waals surface area contributed by atoms with Crippen LogP contribution in [0.2, 0.25) is 0 Å². The maximum atomic E-state index is 12.8. The summed E-state index contributed by atoms with van der Waals surface area (Å²) in [7, 11) is -3.61. The van der Waals surface area contributed by atoms with Crippen LogP contribution < -0.4 is 10.0 Å². The Morgan fingerprint density at radius 1 is 1.09 bits per heavy atom. The average molecular weight is 499 g/mol. The molecule has 2 aromatic heterocycles. The van der Waals surface area contributed by atoms with E-state index in [2.05, 4.69) is 15.0 Å². The van der Waals surface area contributed by atoms with E-state index >= 15 is 0 Å². The van der Waals surface area contributed by atoms with E-state index in [9.17, 15) is 13.2 Å². The SMILES string of the molecule is CCOCCCn1c(NC(=O)Cc2ccc(NS(=O)(=O)c3cccs3)cc2)nc2ccccc21. The molecule has 0 aliphatic rings. The lowest BCUT2D eigenvalue weighted by molar-refractivity contribution is -0.115. The molecule has 10 heteroatoms. The van der Waals surface area contributed by atoms with Crippen LogP contribution in [0.5, 0.6) is 0 Å². The van der Waals surface area contributed by atoms with Crippen molar-refractivity contribution in [2.75, 3.05) is 23.3 Å². The van der Waals surface area contributed by atoms with Gasteiger partial charge in [0.25, 0.3) is 10.0 Å². The van der Waals surface area contributed by atoms with Crippen molar-refractivity contribution in [2.45, 2.75) is 30.5 Å². The number of imidazole rings is 1. The Bertz CT molecular complexity index is 1350. The maximum Gasteiger partial charge on any atom is 0.271 e. The standard InChI is InChI=1S/C24H26N4O4S2/c1-2-32-15-6-14-28-21-8-4-3-7-20(21)25-24(28)26-22(29)17-18-10-12-19(13-11-18)27-34(30,31)23-9-5-16-33-23/h3-5,7-13,16,27H,2,6,14-15,17H2,1H3,(H,25,26,29). The smallest absolute Gasteiger partial charge is 0.271 e. The number of aryl methyl sites for hydroxylation is 1. The largest absolute Gasteiger partial charge is 0.382 e. The highest BCUT2D eigenvalue weighted by molar-refractivity contribution is 7.94. The van der Waals surface area contributed by atoms with Crippen LogP contribution in [0, 0.1) is 0 Å². The zero-order chi connectivity index (χ0) is 24.0. The summed E-state index contributed by atoms with van der Waals surface area (Å²) in [6.45, 7) is 3.94.